The Morgan fingerprint density at radius 3 is 2.75 bits per heavy atom. The maximum atomic E-state index is 11.4. The molecule has 6 heteroatoms. The van der Waals surface area contributed by atoms with E-state index >= 15 is 0 Å². The highest BCUT2D eigenvalue weighted by Gasteiger charge is 2.11. The molecule has 88 valence electrons. The van der Waals surface area contributed by atoms with Crippen LogP contribution in [-0.4, -0.2) is 28.1 Å². The number of hydrogen-bond acceptors (Lipinski definition) is 2. The second kappa shape index (κ2) is 5.69. The second-order valence-corrected chi connectivity index (χ2v) is 4.15. The number of carbonyl (C=O) groups excluding carboxylic acids is 1. The third kappa shape index (κ3) is 3.37. The first-order valence-corrected chi connectivity index (χ1v) is 5.69. The quantitative estimate of drug-likeness (QED) is 0.862. The van der Waals surface area contributed by atoms with Gasteiger partial charge in [-0.25, -0.2) is 4.79 Å². The summed E-state index contributed by atoms with van der Waals surface area (Å²) >= 11 is 3.20. The number of aromatic nitrogens is 1. The molecule has 0 saturated carbocycles. The van der Waals surface area contributed by atoms with E-state index < -0.39 is 5.97 Å². The summed E-state index contributed by atoms with van der Waals surface area (Å²) in [6, 6.07) is 1.47. The van der Waals surface area contributed by atoms with Crippen molar-refractivity contribution in [3.05, 3.63) is 22.4 Å². The summed E-state index contributed by atoms with van der Waals surface area (Å²) in [5.74, 6) is -1.14. The molecule has 0 unspecified atom stereocenters. The molecule has 0 aliphatic rings. The molecule has 0 aliphatic heterocycles. The number of rotatable bonds is 5. The Balaban J connectivity index is 2.66. The van der Waals surface area contributed by atoms with Gasteiger partial charge in [0.25, 0.3) is 0 Å². The molecule has 1 aromatic rings. The van der Waals surface area contributed by atoms with Crippen LogP contribution in [0, 0.1) is 0 Å². The van der Waals surface area contributed by atoms with Crippen molar-refractivity contribution < 1.29 is 14.7 Å². The second-order valence-electron chi connectivity index (χ2n) is 3.33. The van der Waals surface area contributed by atoms with Crippen LogP contribution in [0.5, 0.6) is 0 Å². The minimum absolute atomic E-state index is 0.119. The summed E-state index contributed by atoms with van der Waals surface area (Å²) in [6.07, 6.45) is 2.30. The fourth-order valence-electron chi connectivity index (χ4n) is 1.19. The lowest BCUT2D eigenvalue weighted by Crippen LogP contribution is -2.27. The van der Waals surface area contributed by atoms with Gasteiger partial charge in [0, 0.05) is 12.7 Å². The molecule has 0 atom stereocenters. The Bertz CT molecular complexity index is 401. The van der Waals surface area contributed by atoms with Crippen molar-refractivity contribution >= 4 is 27.8 Å². The van der Waals surface area contributed by atoms with Crippen LogP contribution < -0.4 is 5.32 Å². The van der Waals surface area contributed by atoms with Crippen molar-refractivity contribution in [3.8, 4) is 0 Å². The molecular formula is C10H13BrN2O3. The van der Waals surface area contributed by atoms with Crippen LogP contribution in [0.25, 0.3) is 0 Å². The monoisotopic (exact) mass is 288 g/mol. The zero-order valence-electron chi connectivity index (χ0n) is 8.86. The summed E-state index contributed by atoms with van der Waals surface area (Å²) in [5.41, 5.74) is 0.162. The fraction of sp³-hybridized carbons (Fsp3) is 0.400. The predicted octanol–water partition coefficient (Wildman–Crippen LogP) is 1.47. The topological polar surface area (TPSA) is 71.3 Å². The number of nitrogens with zero attached hydrogens (tertiary/aromatic N) is 1. The molecule has 0 bridgehead atoms. The van der Waals surface area contributed by atoms with E-state index in [2.05, 4.69) is 21.2 Å². The van der Waals surface area contributed by atoms with Crippen LogP contribution in [0.4, 0.5) is 0 Å². The number of nitrogens with one attached hydrogen (secondary N) is 1. The first kappa shape index (κ1) is 12.8. The number of carbonyl (C=O) groups is 2. The summed E-state index contributed by atoms with van der Waals surface area (Å²) in [4.78, 5) is 22.1. The van der Waals surface area contributed by atoms with Crippen molar-refractivity contribution in [3.63, 3.8) is 0 Å². The average molecular weight is 289 g/mol. The normalized spacial score (nSPS) is 10.1. The standard InChI is InChI=1S/C10H13BrN2O3/c1-2-3-12-9(14)6-13-5-7(10(15)16)4-8(13)11/h4-5H,2-3,6H2,1H3,(H,12,14)(H,15,16). The van der Waals surface area contributed by atoms with Gasteiger partial charge in [0.1, 0.15) is 6.54 Å². The van der Waals surface area contributed by atoms with Gasteiger partial charge in [-0.1, -0.05) is 6.92 Å². The minimum Gasteiger partial charge on any atom is -0.478 e. The number of carboxylic acids is 1. The third-order valence-corrected chi connectivity index (χ3v) is 2.66. The van der Waals surface area contributed by atoms with E-state index in [0.717, 1.165) is 6.42 Å². The molecule has 0 aromatic carbocycles. The lowest BCUT2D eigenvalue weighted by Gasteiger charge is -2.05. The molecule has 0 fully saturated rings. The Morgan fingerprint density at radius 1 is 1.56 bits per heavy atom. The van der Waals surface area contributed by atoms with Gasteiger partial charge < -0.3 is 15.0 Å². The molecular weight excluding hydrogens is 276 g/mol. The number of amides is 1. The first-order chi connectivity index (χ1) is 7.54. The lowest BCUT2D eigenvalue weighted by molar-refractivity contribution is -0.121. The van der Waals surface area contributed by atoms with Crippen LogP contribution in [0.2, 0.25) is 0 Å². The van der Waals surface area contributed by atoms with Gasteiger partial charge in [0.05, 0.1) is 10.2 Å². The molecule has 1 amide bonds. The van der Waals surface area contributed by atoms with E-state index in [0.29, 0.717) is 11.1 Å². The van der Waals surface area contributed by atoms with Crippen molar-refractivity contribution in [1.29, 1.82) is 0 Å². The Kier molecular flexibility index (Phi) is 4.54. The van der Waals surface area contributed by atoms with Gasteiger partial charge in [0.15, 0.2) is 0 Å². The molecule has 0 spiro atoms. The molecule has 1 aromatic heterocycles. The van der Waals surface area contributed by atoms with E-state index in [1.807, 2.05) is 6.92 Å². The fourth-order valence-corrected chi connectivity index (χ4v) is 1.67. The van der Waals surface area contributed by atoms with Crippen LogP contribution in [-0.2, 0) is 11.3 Å². The highest BCUT2D eigenvalue weighted by Crippen LogP contribution is 2.15. The molecule has 1 rings (SSSR count). The third-order valence-electron chi connectivity index (χ3n) is 1.98. The van der Waals surface area contributed by atoms with Crippen molar-refractivity contribution in [2.75, 3.05) is 6.54 Å². The van der Waals surface area contributed by atoms with E-state index in [4.69, 9.17) is 5.11 Å². The van der Waals surface area contributed by atoms with Crippen LogP contribution in [0.3, 0.4) is 0 Å². The van der Waals surface area contributed by atoms with E-state index in [9.17, 15) is 9.59 Å². The smallest absolute Gasteiger partial charge is 0.337 e. The molecule has 0 radical (unpaired) electrons. The van der Waals surface area contributed by atoms with Gasteiger partial charge in [0.2, 0.25) is 5.91 Å². The van der Waals surface area contributed by atoms with E-state index in [1.165, 1.54) is 12.3 Å². The number of halogens is 1. The van der Waals surface area contributed by atoms with Gasteiger partial charge >= 0.3 is 5.97 Å². The average Bonchev–Trinajstić information content (AvgIpc) is 2.57. The highest BCUT2D eigenvalue weighted by atomic mass is 79.9. The predicted molar refractivity (Wildman–Crippen MR) is 62.4 cm³/mol. The van der Waals surface area contributed by atoms with Crippen LogP contribution in [0.1, 0.15) is 23.7 Å². The Labute approximate surface area is 102 Å². The van der Waals surface area contributed by atoms with Gasteiger partial charge in [-0.05, 0) is 28.4 Å². The van der Waals surface area contributed by atoms with E-state index in [-0.39, 0.29) is 18.0 Å². The lowest BCUT2D eigenvalue weighted by atomic mass is 10.4. The molecule has 0 aliphatic carbocycles. The van der Waals surface area contributed by atoms with Crippen LogP contribution >= 0.6 is 15.9 Å². The maximum Gasteiger partial charge on any atom is 0.337 e. The van der Waals surface area contributed by atoms with Gasteiger partial charge in [-0.15, -0.1) is 0 Å². The van der Waals surface area contributed by atoms with Crippen molar-refractivity contribution in [2.24, 2.45) is 0 Å². The maximum absolute atomic E-state index is 11.4. The largest absolute Gasteiger partial charge is 0.478 e. The molecule has 5 nitrogen and oxygen atoms in total. The van der Waals surface area contributed by atoms with Crippen molar-refractivity contribution in [2.45, 2.75) is 19.9 Å². The molecule has 0 saturated heterocycles. The summed E-state index contributed by atoms with van der Waals surface area (Å²) in [5, 5.41) is 11.5. The van der Waals surface area contributed by atoms with Gasteiger partial charge in [-0.2, -0.15) is 0 Å². The molecule has 16 heavy (non-hydrogen) atoms. The zero-order valence-corrected chi connectivity index (χ0v) is 10.5. The first-order valence-electron chi connectivity index (χ1n) is 4.90. The number of aromatic carboxylic acids is 1. The zero-order chi connectivity index (χ0) is 12.1. The number of hydrogen-bond donors (Lipinski definition) is 2. The summed E-state index contributed by atoms with van der Waals surface area (Å²) < 4.78 is 2.13. The Morgan fingerprint density at radius 2 is 2.25 bits per heavy atom. The molecule has 2 N–H and O–H groups in total. The Hall–Kier alpha value is -1.30. The van der Waals surface area contributed by atoms with Crippen molar-refractivity contribution in [1.82, 2.24) is 9.88 Å². The number of carboxylic acid groups (broad SMARTS) is 1. The SMILES string of the molecule is CCCNC(=O)Cn1cc(C(=O)O)cc1Br. The van der Waals surface area contributed by atoms with E-state index in [1.54, 1.807) is 4.57 Å². The summed E-state index contributed by atoms with van der Waals surface area (Å²) in [6.45, 7) is 2.71. The summed E-state index contributed by atoms with van der Waals surface area (Å²) in [7, 11) is 0. The highest BCUT2D eigenvalue weighted by molar-refractivity contribution is 9.10. The molecule has 1 heterocycles. The van der Waals surface area contributed by atoms with Gasteiger partial charge in [-0.3, -0.25) is 4.79 Å². The van der Waals surface area contributed by atoms with Crippen LogP contribution in [0.15, 0.2) is 16.9 Å². The minimum atomic E-state index is -1.01.